The van der Waals surface area contributed by atoms with Gasteiger partial charge in [-0.25, -0.2) is 4.98 Å². The molecule has 1 heterocycles. The molecule has 1 rings (SSSR count). The lowest BCUT2D eigenvalue weighted by Crippen LogP contribution is -2.38. The molecule has 16 heavy (non-hydrogen) atoms. The number of ether oxygens (including phenoxy) is 1. The molecule has 0 aliphatic carbocycles. The average Bonchev–Trinajstić information content (AvgIpc) is 2.17. The van der Waals surface area contributed by atoms with Gasteiger partial charge in [-0.15, -0.1) is 0 Å². The number of aryl methyl sites for hydroxylation is 1. The Hall–Kier alpha value is -1.20. The minimum atomic E-state index is 0.176. The molecule has 0 aliphatic rings. The summed E-state index contributed by atoms with van der Waals surface area (Å²) >= 11 is 5.15. The van der Waals surface area contributed by atoms with Gasteiger partial charge in [0.2, 0.25) is 0 Å². The summed E-state index contributed by atoms with van der Waals surface area (Å²) in [6.45, 7) is 4.63. The van der Waals surface area contributed by atoms with E-state index >= 15 is 0 Å². The highest BCUT2D eigenvalue weighted by atomic mass is 32.1. The SMILES string of the molecule is COC[C@@H](C)NC(=S)Nc1cc(C)ccn1. The third kappa shape index (κ3) is 4.55. The standard InChI is InChI=1S/C11H17N3OS/c1-8-4-5-12-10(6-8)14-11(16)13-9(2)7-15-3/h4-6,9H,7H2,1-3H3,(H2,12,13,14,16)/t9-/m1/s1. The van der Waals surface area contributed by atoms with Crippen LogP contribution in [0.15, 0.2) is 18.3 Å². The van der Waals surface area contributed by atoms with Gasteiger partial charge in [0.15, 0.2) is 5.11 Å². The van der Waals surface area contributed by atoms with Gasteiger partial charge in [-0.1, -0.05) is 0 Å². The topological polar surface area (TPSA) is 46.2 Å². The molecule has 5 heteroatoms. The molecule has 0 aromatic carbocycles. The van der Waals surface area contributed by atoms with Crippen molar-refractivity contribution in [1.29, 1.82) is 0 Å². The fourth-order valence-corrected chi connectivity index (χ4v) is 1.58. The van der Waals surface area contributed by atoms with Crippen LogP contribution in [0.1, 0.15) is 12.5 Å². The first-order valence-corrected chi connectivity index (χ1v) is 5.51. The third-order valence-corrected chi connectivity index (χ3v) is 2.17. The van der Waals surface area contributed by atoms with E-state index in [2.05, 4.69) is 15.6 Å². The monoisotopic (exact) mass is 239 g/mol. The van der Waals surface area contributed by atoms with Crippen molar-refractivity contribution < 1.29 is 4.74 Å². The number of aromatic nitrogens is 1. The summed E-state index contributed by atoms with van der Waals surface area (Å²) in [6, 6.07) is 4.05. The zero-order valence-electron chi connectivity index (χ0n) is 9.78. The first-order valence-electron chi connectivity index (χ1n) is 5.11. The summed E-state index contributed by atoms with van der Waals surface area (Å²) in [5, 5.41) is 6.69. The highest BCUT2D eigenvalue weighted by molar-refractivity contribution is 7.80. The van der Waals surface area contributed by atoms with E-state index in [0.29, 0.717) is 11.7 Å². The molecule has 0 radical (unpaired) electrons. The van der Waals surface area contributed by atoms with Crippen molar-refractivity contribution in [2.24, 2.45) is 0 Å². The van der Waals surface area contributed by atoms with E-state index in [-0.39, 0.29) is 6.04 Å². The fourth-order valence-electron chi connectivity index (χ4n) is 1.27. The van der Waals surface area contributed by atoms with Crippen LogP contribution in [0.4, 0.5) is 5.82 Å². The summed E-state index contributed by atoms with van der Waals surface area (Å²) in [6.07, 6.45) is 1.75. The van der Waals surface area contributed by atoms with Crippen LogP contribution in [0.3, 0.4) is 0 Å². The second kappa shape index (κ2) is 6.40. The van der Waals surface area contributed by atoms with Crippen LogP contribution in [0, 0.1) is 6.92 Å². The Labute approximate surface area is 101 Å². The molecule has 0 amide bonds. The smallest absolute Gasteiger partial charge is 0.172 e. The van der Waals surface area contributed by atoms with Gasteiger partial charge in [-0.3, -0.25) is 0 Å². The molecule has 1 aromatic rings. The summed E-state index contributed by atoms with van der Waals surface area (Å²) in [5.41, 5.74) is 1.14. The Morgan fingerprint density at radius 2 is 2.38 bits per heavy atom. The lowest BCUT2D eigenvalue weighted by atomic mass is 10.3. The number of hydrogen-bond acceptors (Lipinski definition) is 3. The molecule has 2 N–H and O–H groups in total. The summed E-state index contributed by atoms with van der Waals surface area (Å²) in [4.78, 5) is 4.16. The fraction of sp³-hybridized carbons (Fsp3) is 0.455. The van der Waals surface area contributed by atoms with E-state index in [9.17, 15) is 0 Å². The first-order chi connectivity index (χ1) is 7.61. The van der Waals surface area contributed by atoms with Crippen molar-refractivity contribution in [1.82, 2.24) is 10.3 Å². The van der Waals surface area contributed by atoms with Gasteiger partial charge in [-0.2, -0.15) is 0 Å². The highest BCUT2D eigenvalue weighted by Crippen LogP contribution is 2.04. The van der Waals surface area contributed by atoms with E-state index in [4.69, 9.17) is 17.0 Å². The molecule has 1 aromatic heterocycles. The van der Waals surface area contributed by atoms with Gasteiger partial charge in [0.1, 0.15) is 5.82 Å². The van der Waals surface area contributed by atoms with Gasteiger partial charge >= 0.3 is 0 Å². The molecule has 1 atom stereocenters. The Morgan fingerprint density at radius 3 is 3.00 bits per heavy atom. The molecular weight excluding hydrogens is 222 g/mol. The van der Waals surface area contributed by atoms with Gasteiger partial charge in [-0.05, 0) is 43.8 Å². The molecule has 0 fully saturated rings. The van der Waals surface area contributed by atoms with E-state index in [1.165, 1.54) is 0 Å². The number of thiocarbonyl (C=S) groups is 1. The van der Waals surface area contributed by atoms with Gasteiger partial charge in [0.25, 0.3) is 0 Å². The van der Waals surface area contributed by atoms with Crippen LogP contribution < -0.4 is 10.6 Å². The number of rotatable bonds is 4. The minimum Gasteiger partial charge on any atom is -0.383 e. The number of methoxy groups -OCH3 is 1. The van der Waals surface area contributed by atoms with Crippen molar-refractivity contribution in [3.8, 4) is 0 Å². The first kappa shape index (κ1) is 12.9. The van der Waals surface area contributed by atoms with Crippen LogP contribution in [-0.4, -0.2) is 29.9 Å². The molecule has 4 nitrogen and oxygen atoms in total. The molecule has 88 valence electrons. The Bertz CT molecular complexity index is 357. The molecule has 0 aliphatic heterocycles. The van der Waals surface area contributed by atoms with Crippen LogP contribution >= 0.6 is 12.2 Å². The number of hydrogen-bond donors (Lipinski definition) is 2. The van der Waals surface area contributed by atoms with E-state index in [0.717, 1.165) is 11.4 Å². The molecule has 0 unspecified atom stereocenters. The maximum atomic E-state index is 5.15. The largest absolute Gasteiger partial charge is 0.383 e. The molecule has 0 saturated carbocycles. The van der Waals surface area contributed by atoms with E-state index in [1.54, 1.807) is 13.3 Å². The molecule has 0 saturated heterocycles. The Kier molecular flexibility index (Phi) is 5.14. The predicted octanol–water partition coefficient (Wildman–Crippen LogP) is 1.71. The normalized spacial score (nSPS) is 11.9. The number of pyridine rings is 1. The second-order valence-electron chi connectivity index (χ2n) is 3.67. The lowest BCUT2D eigenvalue weighted by molar-refractivity contribution is 0.179. The van der Waals surface area contributed by atoms with Gasteiger partial charge < -0.3 is 15.4 Å². The van der Waals surface area contributed by atoms with Crippen LogP contribution in [0.5, 0.6) is 0 Å². The Morgan fingerprint density at radius 1 is 1.62 bits per heavy atom. The summed E-state index contributed by atoms with van der Waals surface area (Å²) in [5.74, 6) is 0.752. The van der Waals surface area contributed by atoms with Crippen LogP contribution in [-0.2, 0) is 4.74 Å². The van der Waals surface area contributed by atoms with Gasteiger partial charge in [0.05, 0.1) is 6.61 Å². The lowest BCUT2D eigenvalue weighted by Gasteiger charge is -2.15. The zero-order valence-corrected chi connectivity index (χ0v) is 10.6. The quantitative estimate of drug-likeness (QED) is 0.783. The molecule has 0 spiro atoms. The van der Waals surface area contributed by atoms with Crippen LogP contribution in [0.2, 0.25) is 0 Å². The molecular formula is C11H17N3OS. The van der Waals surface area contributed by atoms with Gasteiger partial charge in [0, 0.05) is 19.3 Å². The van der Waals surface area contributed by atoms with Crippen molar-refractivity contribution in [2.45, 2.75) is 19.9 Å². The van der Waals surface area contributed by atoms with Crippen molar-refractivity contribution in [3.63, 3.8) is 0 Å². The van der Waals surface area contributed by atoms with E-state index in [1.807, 2.05) is 26.0 Å². The zero-order chi connectivity index (χ0) is 12.0. The molecule has 0 bridgehead atoms. The average molecular weight is 239 g/mol. The maximum absolute atomic E-state index is 5.15. The van der Waals surface area contributed by atoms with Crippen molar-refractivity contribution in [2.75, 3.05) is 19.0 Å². The second-order valence-corrected chi connectivity index (χ2v) is 4.08. The number of anilines is 1. The van der Waals surface area contributed by atoms with Crippen molar-refractivity contribution in [3.05, 3.63) is 23.9 Å². The number of nitrogens with zero attached hydrogens (tertiary/aromatic N) is 1. The number of nitrogens with one attached hydrogen (secondary N) is 2. The third-order valence-electron chi connectivity index (χ3n) is 1.95. The maximum Gasteiger partial charge on any atom is 0.172 e. The predicted molar refractivity (Wildman–Crippen MR) is 69.7 cm³/mol. The summed E-state index contributed by atoms with van der Waals surface area (Å²) < 4.78 is 5.01. The minimum absolute atomic E-state index is 0.176. The Balaban J connectivity index is 2.45. The summed E-state index contributed by atoms with van der Waals surface area (Å²) in [7, 11) is 1.66. The van der Waals surface area contributed by atoms with Crippen LogP contribution in [0.25, 0.3) is 0 Å². The van der Waals surface area contributed by atoms with E-state index < -0.39 is 0 Å². The van der Waals surface area contributed by atoms with Crippen molar-refractivity contribution >= 4 is 23.1 Å². The highest BCUT2D eigenvalue weighted by Gasteiger charge is 2.04.